The van der Waals surface area contributed by atoms with E-state index in [-0.39, 0.29) is 5.41 Å². The lowest BCUT2D eigenvalue weighted by Crippen LogP contribution is -2.41. The van der Waals surface area contributed by atoms with Gasteiger partial charge in [-0.15, -0.1) is 0 Å². The third kappa shape index (κ3) is 3.88. The Kier molecular flexibility index (Phi) is 4.89. The number of H-pyrrole nitrogens is 1. The molecule has 2 saturated heterocycles. The van der Waals surface area contributed by atoms with Gasteiger partial charge in [-0.05, 0) is 36.9 Å². The fourth-order valence-electron chi connectivity index (χ4n) is 4.16. The quantitative estimate of drug-likeness (QED) is 0.902. The highest BCUT2D eigenvalue weighted by Gasteiger charge is 2.44. The fourth-order valence-corrected chi connectivity index (χ4v) is 4.16. The van der Waals surface area contributed by atoms with Gasteiger partial charge >= 0.3 is 0 Å². The van der Waals surface area contributed by atoms with Crippen LogP contribution in [0.1, 0.15) is 30.5 Å². The van der Waals surface area contributed by atoms with Crippen molar-refractivity contribution in [1.82, 2.24) is 19.8 Å². The summed E-state index contributed by atoms with van der Waals surface area (Å²) in [6.45, 7) is 4.66. The molecule has 0 bridgehead atoms. The number of carbonyl (C=O) groups excluding carboxylic acids is 1. The number of nitrogens with zero attached hydrogens (tertiary/aromatic N) is 3. The third-order valence-electron chi connectivity index (χ3n) is 5.71. The fraction of sp³-hybridized carbons (Fsp3) is 0.429. The molecule has 1 spiro atoms. The van der Waals surface area contributed by atoms with E-state index in [1.807, 2.05) is 29.3 Å². The summed E-state index contributed by atoms with van der Waals surface area (Å²) in [7, 11) is 0. The minimum absolute atomic E-state index is 0.183. The highest BCUT2D eigenvalue weighted by atomic mass is 16.2. The van der Waals surface area contributed by atoms with Crippen molar-refractivity contribution in [2.45, 2.75) is 25.8 Å². The Balaban J connectivity index is 1.29. The second kappa shape index (κ2) is 7.46. The second-order valence-electron chi connectivity index (χ2n) is 7.62. The van der Waals surface area contributed by atoms with Crippen molar-refractivity contribution in [3.8, 4) is 0 Å². The molecular weight excluding hydrogens is 324 g/mol. The molecule has 0 aliphatic carbocycles. The number of amides is 1. The van der Waals surface area contributed by atoms with E-state index >= 15 is 0 Å². The molecule has 2 aliphatic rings. The molecule has 2 aliphatic heterocycles. The van der Waals surface area contributed by atoms with E-state index in [0.29, 0.717) is 18.9 Å². The summed E-state index contributed by atoms with van der Waals surface area (Å²) in [5, 5.41) is 0. The van der Waals surface area contributed by atoms with Crippen LogP contribution in [0.2, 0.25) is 0 Å². The van der Waals surface area contributed by atoms with Crippen LogP contribution in [0.4, 0.5) is 0 Å². The number of rotatable bonds is 5. The predicted molar refractivity (Wildman–Crippen MR) is 102 cm³/mol. The number of aromatic nitrogens is 2. The summed E-state index contributed by atoms with van der Waals surface area (Å²) in [4.78, 5) is 24.2. The number of hydrogen-bond acceptors (Lipinski definition) is 3. The molecule has 1 aromatic heterocycles. The first-order valence-corrected chi connectivity index (χ1v) is 9.41. The lowest BCUT2D eigenvalue weighted by molar-refractivity contribution is -0.127. The van der Waals surface area contributed by atoms with Gasteiger partial charge in [-0.1, -0.05) is 42.5 Å². The maximum Gasteiger partial charge on any atom is 0.223 e. The van der Waals surface area contributed by atoms with Crippen molar-refractivity contribution >= 4 is 12.0 Å². The molecule has 0 radical (unpaired) electrons. The number of aromatic amines is 1. The van der Waals surface area contributed by atoms with Gasteiger partial charge in [0.05, 0.1) is 6.33 Å². The van der Waals surface area contributed by atoms with Gasteiger partial charge in [0.1, 0.15) is 0 Å². The average Bonchev–Trinajstić information content (AvgIpc) is 3.27. The number of benzene rings is 1. The predicted octanol–water partition coefficient (Wildman–Crippen LogP) is 2.94. The molecule has 1 aromatic carbocycles. The Morgan fingerprint density at radius 1 is 1.19 bits per heavy atom. The first kappa shape index (κ1) is 17.0. The van der Waals surface area contributed by atoms with E-state index in [9.17, 15) is 4.79 Å². The van der Waals surface area contributed by atoms with Crippen LogP contribution in [0.15, 0.2) is 48.9 Å². The number of nitrogens with one attached hydrogen (secondary N) is 1. The van der Waals surface area contributed by atoms with Crippen LogP contribution in [-0.4, -0.2) is 51.9 Å². The zero-order valence-electron chi connectivity index (χ0n) is 15.1. The molecule has 5 nitrogen and oxygen atoms in total. The van der Waals surface area contributed by atoms with Crippen LogP contribution >= 0.6 is 0 Å². The van der Waals surface area contributed by atoms with Gasteiger partial charge in [-0.25, -0.2) is 4.98 Å². The smallest absolute Gasteiger partial charge is 0.223 e. The molecule has 2 fully saturated rings. The van der Waals surface area contributed by atoms with E-state index in [1.54, 1.807) is 6.33 Å². The van der Waals surface area contributed by atoms with Gasteiger partial charge in [0, 0.05) is 37.9 Å². The second-order valence-corrected chi connectivity index (χ2v) is 7.62. The number of imidazole rings is 1. The first-order valence-electron chi connectivity index (χ1n) is 9.41. The zero-order chi connectivity index (χ0) is 17.8. The van der Waals surface area contributed by atoms with Crippen molar-refractivity contribution < 1.29 is 4.79 Å². The first-order chi connectivity index (χ1) is 12.7. The Labute approximate surface area is 154 Å². The lowest BCUT2D eigenvalue weighted by Gasteiger charge is -2.38. The van der Waals surface area contributed by atoms with Crippen LogP contribution in [-0.2, 0) is 11.3 Å². The minimum atomic E-state index is 0.183. The maximum atomic E-state index is 12.5. The lowest BCUT2D eigenvalue weighted by atomic mass is 9.77. The summed E-state index contributed by atoms with van der Waals surface area (Å²) in [5.74, 6) is 0.310. The molecule has 0 atom stereocenters. The Hall–Kier alpha value is -2.40. The van der Waals surface area contributed by atoms with E-state index in [1.165, 1.54) is 5.56 Å². The number of carbonyl (C=O) groups is 1. The van der Waals surface area contributed by atoms with Gasteiger partial charge in [0.25, 0.3) is 0 Å². The van der Waals surface area contributed by atoms with E-state index in [4.69, 9.17) is 0 Å². The summed E-state index contributed by atoms with van der Waals surface area (Å²) in [5.41, 5.74) is 2.53. The van der Waals surface area contributed by atoms with E-state index in [0.717, 1.165) is 44.7 Å². The zero-order valence-corrected chi connectivity index (χ0v) is 15.1. The van der Waals surface area contributed by atoms with Crippen molar-refractivity contribution in [3.63, 3.8) is 0 Å². The molecule has 26 heavy (non-hydrogen) atoms. The number of likely N-dealkylation sites (tertiary alicyclic amines) is 2. The van der Waals surface area contributed by atoms with Crippen LogP contribution < -0.4 is 0 Å². The van der Waals surface area contributed by atoms with Crippen LogP contribution in [0.3, 0.4) is 0 Å². The topological polar surface area (TPSA) is 52.2 Å². The Morgan fingerprint density at radius 3 is 2.73 bits per heavy atom. The summed E-state index contributed by atoms with van der Waals surface area (Å²) in [6.07, 6.45) is 10.8. The standard InChI is InChI=1S/C21H26N4O/c26-20-13-21(8-11-24(12-9-21)15-19-14-22-17-23-19)16-25(20)10-4-7-18-5-2-1-3-6-18/h1-7,14,17H,8-13,15-16H2,(H,22,23)/b7-4+. The van der Waals surface area contributed by atoms with Gasteiger partial charge < -0.3 is 9.88 Å². The normalized spacial score (nSPS) is 20.5. The molecule has 4 rings (SSSR count). The Morgan fingerprint density at radius 2 is 2.00 bits per heavy atom. The molecule has 1 N–H and O–H groups in total. The van der Waals surface area contributed by atoms with Crippen molar-refractivity contribution in [2.24, 2.45) is 5.41 Å². The van der Waals surface area contributed by atoms with Crippen LogP contribution in [0.5, 0.6) is 0 Å². The average molecular weight is 350 g/mol. The molecule has 2 aromatic rings. The number of hydrogen-bond donors (Lipinski definition) is 1. The molecule has 5 heteroatoms. The minimum Gasteiger partial charge on any atom is -0.347 e. The molecule has 136 valence electrons. The van der Waals surface area contributed by atoms with Gasteiger partial charge in [-0.3, -0.25) is 9.69 Å². The summed E-state index contributed by atoms with van der Waals surface area (Å²) < 4.78 is 0. The largest absolute Gasteiger partial charge is 0.347 e. The summed E-state index contributed by atoms with van der Waals surface area (Å²) in [6, 6.07) is 10.3. The monoisotopic (exact) mass is 350 g/mol. The number of piperidine rings is 1. The van der Waals surface area contributed by atoms with E-state index in [2.05, 4.69) is 39.2 Å². The van der Waals surface area contributed by atoms with Crippen LogP contribution in [0.25, 0.3) is 6.08 Å². The SMILES string of the molecule is O=C1CC2(CCN(Cc3cnc[nH]3)CC2)CN1C/C=C/c1ccccc1. The maximum absolute atomic E-state index is 12.5. The molecular formula is C21H26N4O. The van der Waals surface area contributed by atoms with Crippen molar-refractivity contribution in [1.29, 1.82) is 0 Å². The molecule has 3 heterocycles. The van der Waals surface area contributed by atoms with Gasteiger partial charge in [0.2, 0.25) is 5.91 Å². The molecule has 0 saturated carbocycles. The highest BCUT2D eigenvalue weighted by molar-refractivity contribution is 5.79. The highest BCUT2D eigenvalue weighted by Crippen LogP contribution is 2.41. The van der Waals surface area contributed by atoms with Gasteiger partial charge in [0.15, 0.2) is 0 Å². The molecule has 1 amide bonds. The van der Waals surface area contributed by atoms with Gasteiger partial charge in [-0.2, -0.15) is 0 Å². The Bertz CT molecular complexity index is 746. The molecule has 0 unspecified atom stereocenters. The van der Waals surface area contributed by atoms with Crippen molar-refractivity contribution in [2.75, 3.05) is 26.2 Å². The van der Waals surface area contributed by atoms with Crippen molar-refractivity contribution in [3.05, 3.63) is 60.2 Å². The van der Waals surface area contributed by atoms with E-state index < -0.39 is 0 Å². The summed E-state index contributed by atoms with van der Waals surface area (Å²) >= 11 is 0. The third-order valence-corrected chi connectivity index (χ3v) is 5.71. The van der Waals surface area contributed by atoms with Crippen LogP contribution in [0, 0.1) is 5.41 Å².